The van der Waals surface area contributed by atoms with Gasteiger partial charge in [0, 0.05) is 34.9 Å². The van der Waals surface area contributed by atoms with Crippen molar-refractivity contribution in [1.29, 1.82) is 0 Å². The molecule has 24 heavy (non-hydrogen) atoms. The number of nitrogens with zero attached hydrogens (tertiary/aromatic N) is 1. The smallest absolute Gasteiger partial charge is 0.319 e. The molecule has 1 aromatic carbocycles. The number of halogens is 1. The van der Waals surface area contributed by atoms with Crippen LogP contribution in [0.4, 0.5) is 10.5 Å². The standard InChI is InChI=1S/C19H26ClN3O/c20-13-4-3-5-14(10-13)21-19(24)22-15-11-17-8-9-18(12-15)23(17)16-6-1-2-7-16/h3-5,10,15-18H,1-2,6-9,11-12H2,(H2,21,22,24)/t17-,18-/m1/s1. The summed E-state index contributed by atoms with van der Waals surface area (Å²) in [5.74, 6) is 0. The van der Waals surface area contributed by atoms with Gasteiger partial charge >= 0.3 is 6.03 Å². The van der Waals surface area contributed by atoms with Crippen LogP contribution in [0, 0.1) is 0 Å². The molecule has 2 atom stereocenters. The van der Waals surface area contributed by atoms with Gasteiger partial charge in [-0.25, -0.2) is 4.79 Å². The van der Waals surface area contributed by atoms with Gasteiger partial charge in [-0.3, -0.25) is 4.90 Å². The van der Waals surface area contributed by atoms with E-state index >= 15 is 0 Å². The summed E-state index contributed by atoms with van der Waals surface area (Å²) in [5, 5.41) is 6.71. The molecule has 1 aliphatic carbocycles. The van der Waals surface area contributed by atoms with Crippen LogP contribution < -0.4 is 10.6 Å². The molecule has 0 spiro atoms. The third kappa shape index (κ3) is 3.40. The summed E-state index contributed by atoms with van der Waals surface area (Å²) in [6.45, 7) is 0. The summed E-state index contributed by atoms with van der Waals surface area (Å²) in [6, 6.07) is 9.61. The number of rotatable bonds is 3. The number of anilines is 1. The maximum absolute atomic E-state index is 12.3. The van der Waals surface area contributed by atoms with Gasteiger partial charge in [0.2, 0.25) is 0 Å². The van der Waals surface area contributed by atoms with Crippen LogP contribution in [0.3, 0.4) is 0 Å². The van der Waals surface area contributed by atoms with Crippen molar-refractivity contribution in [2.45, 2.75) is 75.5 Å². The van der Waals surface area contributed by atoms with Crippen molar-refractivity contribution < 1.29 is 4.79 Å². The van der Waals surface area contributed by atoms with E-state index in [9.17, 15) is 4.79 Å². The van der Waals surface area contributed by atoms with Crippen LogP contribution >= 0.6 is 11.6 Å². The number of fused-ring (bicyclic) bond motifs is 2. The van der Waals surface area contributed by atoms with Crippen molar-refractivity contribution in [2.75, 3.05) is 5.32 Å². The van der Waals surface area contributed by atoms with E-state index in [1.807, 2.05) is 12.1 Å². The van der Waals surface area contributed by atoms with Crippen LogP contribution in [-0.2, 0) is 0 Å². The Bertz CT molecular complexity index is 588. The summed E-state index contributed by atoms with van der Waals surface area (Å²) in [4.78, 5) is 15.1. The molecule has 2 aliphatic heterocycles. The summed E-state index contributed by atoms with van der Waals surface area (Å²) in [7, 11) is 0. The molecule has 1 aromatic rings. The van der Waals surface area contributed by atoms with Crippen LogP contribution in [0.2, 0.25) is 5.02 Å². The molecule has 0 radical (unpaired) electrons. The molecule has 2 amide bonds. The number of carbonyl (C=O) groups is 1. The second-order valence-electron chi connectivity index (χ2n) is 7.55. The van der Waals surface area contributed by atoms with Gasteiger partial charge in [-0.2, -0.15) is 0 Å². The molecule has 0 aromatic heterocycles. The molecule has 2 saturated heterocycles. The van der Waals surface area contributed by atoms with Crippen LogP contribution in [0.25, 0.3) is 0 Å². The highest BCUT2D eigenvalue weighted by Crippen LogP contribution is 2.41. The third-order valence-corrected chi connectivity index (χ3v) is 6.19. The van der Waals surface area contributed by atoms with E-state index in [1.54, 1.807) is 12.1 Å². The van der Waals surface area contributed by atoms with Gasteiger partial charge < -0.3 is 10.6 Å². The number of nitrogens with one attached hydrogen (secondary N) is 2. The van der Waals surface area contributed by atoms with Crippen molar-refractivity contribution in [2.24, 2.45) is 0 Å². The van der Waals surface area contributed by atoms with Crippen molar-refractivity contribution in [3.05, 3.63) is 29.3 Å². The van der Waals surface area contributed by atoms with E-state index in [0.29, 0.717) is 23.1 Å². The first kappa shape index (κ1) is 16.2. The maximum atomic E-state index is 12.3. The highest BCUT2D eigenvalue weighted by Gasteiger charge is 2.44. The topological polar surface area (TPSA) is 44.4 Å². The van der Waals surface area contributed by atoms with Crippen LogP contribution in [0.5, 0.6) is 0 Å². The Morgan fingerprint density at radius 2 is 1.75 bits per heavy atom. The van der Waals surface area contributed by atoms with Crippen molar-refractivity contribution in [3.8, 4) is 0 Å². The quantitative estimate of drug-likeness (QED) is 0.851. The predicted molar refractivity (Wildman–Crippen MR) is 97.5 cm³/mol. The van der Waals surface area contributed by atoms with Crippen LogP contribution in [-0.4, -0.2) is 35.1 Å². The van der Waals surface area contributed by atoms with Gasteiger partial charge in [0.1, 0.15) is 0 Å². The van der Waals surface area contributed by atoms with E-state index in [2.05, 4.69) is 15.5 Å². The van der Waals surface area contributed by atoms with Gasteiger partial charge in [0.25, 0.3) is 0 Å². The highest BCUT2D eigenvalue weighted by molar-refractivity contribution is 6.30. The molecule has 5 heteroatoms. The lowest BCUT2D eigenvalue weighted by atomic mass is 9.95. The molecule has 0 unspecified atom stereocenters. The summed E-state index contributed by atoms with van der Waals surface area (Å²) >= 11 is 5.97. The Morgan fingerprint density at radius 1 is 1.04 bits per heavy atom. The number of hydrogen-bond acceptors (Lipinski definition) is 2. The Hall–Kier alpha value is -1.26. The zero-order chi connectivity index (χ0) is 16.5. The fraction of sp³-hybridized carbons (Fsp3) is 0.632. The molecule has 2 N–H and O–H groups in total. The lowest BCUT2D eigenvalue weighted by molar-refractivity contribution is 0.0747. The fourth-order valence-electron chi connectivity index (χ4n) is 5.05. The molecule has 3 fully saturated rings. The molecule has 3 aliphatic rings. The average molecular weight is 348 g/mol. The number of piperidine rings is 1. The number of carbonyl (C=O) groups excluding carboxylic acids is 1. The van der Waals surface area contributed by atoms with Gasteiger partial charge in [0.15, 0.2) is 0 Å². The molecular weight excluding hydrogens is 322 g/mol. The number of amides is 2. The Balaban J connectivity index is 1.33. The molecule has 4 rings (SSSR count). The second-order valence-corrected chi connectivity index (χ2v) is 7.98. The average Bonchev–Trinajstić information content (AvgIpc) is 3.13. The fourth-order valence-corrected chi connectivity index (χ4v) is 5.24. The van der Waals surface area contributed by atoms with Gasteiger partial charge in [-0.05, 0) is 56.7 Å². The normalized spacial score (nSPS) is 30.5. The minimum atomic E-state index is -0.115. The summed E-state index contributed by atoms with van der Waals surface area (Å²) in [6.07, 6.45) is 10.3. The Morgan fingerprint density at radius 3 is 2.42 bits per heavy atom. The number of benzene rings is 1. The molecule has 130 valence electrons. The molecular formula is C19H26ClN3O. The molecule has 1 saturated carbocycles. The highest BCUT2D eigenvalue weighted by atomic mass is 35.5. The molecule has 2 heterocycles. The summed E-state index contributed by atoms with van der Waals surface area (Å²) in [5.41, 5.74) is 0.742. The third-order valence-electron chi connectivity index (χ3n) is 5.95. The summed E-state index contributed by atoms with van der Waals surface area (Å²) < 4.78 is 0. The molecule has 4 nitrogen and oxygen atoms in total. The van der Waals surface area contributed by atoms with Crippen molar-refractivity contribution in [3.63, 3.8) is 0 Å². The monoisotopic (exact) mass is 347 g/mol. The molecule has 2 bridgehead atoms. The minimum absolute atomic E-state index is 0.115. The second kappa shape index (κ2) is 6.93. The van der Waals surface area contributed by atoms with Crippen molar-refractivity contribution >= 4 is 23.3 Å². The number of urea groups is 1. The van der Waals surface area contributed by atoms with E-state index in [4.69, 9.17) is 11.6 Å². The van der Waals surface area contributed by atoms with Crippen LogP contribution in [0.1, 0.15) is 51.4 Å². The zero-order valence-electron chi connectivity index (χ0n) is 14.0. The van der Waals surface area contributed by atoms with E-state index in [1.165, 1.54) is 38.5 Å². The van der Waals surface area contributed by atoms with E-state index in [-0.39, 0.29) is 6.03 Å². The SMILES string of the molecule is O=C(Nc1cccc(Cl)c1)NC1C[C@H]2CC[C@H](C1)N2C1CCCC1. The van der Waals surface area contributed by atoms with Gasteiger partial charge in [0.05, 0.1) is 0 Å². The van der Waals surface area contributed by atoms with Gasteiger partial charge in [-0.15, -0.1) is 0 Å². The Labute approximate surface area is 148 Å². The first-order chi connectivity index (χ1) is 11.7. The first-order valence-corrected chi connectivity index (χ1v) is 9.67. The zero-order valence-corrected chi connectivity index (χ0v) is 14.8. The largest absolute Gasteiger partial charge is 0.335 e. The lowest BCUT2D eigenvalue weighted by Gasteiger charge is -2.42. The number of hydrogen-bond donors (Lipinski definition) is 2. The van der Waals surface area contributed by atoms with Crippen molar-refractivity contribution in [1.82, 2.24) is 10.2 Å². The van der Waals surface area contributed by atoms with E-state index in [0.717, 1.165) is 24.6 Å². The first-order valence-electron chi connectivity index (χ1n) is 9.29. The lowest BCUT2D eigenvalue weighted by Crippen LogP contribution is -2.53. The van der Waals surface area contributed by atoms with Gasteiger partial charge in [-0.1, -0.05) is 30.5 Å². The Kier molecular flexibility index (Phi) is 4.68. The van der Waals surface area contributed by atoms with E-state index < -0.39 is 0 Å². The minimum Gasteiger partial charge on any atom is -0.335 e. The van der Waals surface area contributed by atoms with Crippen LogP contribution in [0.15, 0.2) is 24.3 Å². The predicted octanol–water partition coefficient (Wildman–Crippen LogP) is 4.40. The maximum Gasteiger partial charge on any atom is 0.319 e.